The van der Waals surface area contributed by atoms with Crippen LogP contribution in [0, 0.1) is 5.92 Å². The molecule has 0 radical (unpaired) electrons. The van der Waals surface area contributed by atoms with E-state index >= 15 is 0 Å². The first-order valence-corrected chi connectivity index (χ1v) is 6.26. The van der Waals surface area contributed by atoms with Gasteiger partial charge in [0.05, 0.1) is 23.1 Å². The lowest BCUT2D eigenvalue weighted by molar-refractivity contribution is -0.145. The van der Waals surface area contributed by atoms with Crippen molar-refractivity contribution in [2.75, 3.05) is 20.2 Å². The molecule has 98 valence electrons. The number of esters is 1. The van der Waals surface area contributed by atoms with Crippen LogP contribution in [-0.2, 0) is 9.53 Å². The molecule has 1 aromatic rings. The van der Waals surface area contributed by atoms with Crippen molar-refractivity contribution < 1.29 is 14.6 Å². The smallest absolute Gasteiger partial charge is 0.310 e. The van der Waals surface area contributed by atoms with Crippen molar-refractivity contribution in [1.29, 1.82) is 0 Å². The normalized spacial score (nSPS) is 23.1. The van der Waals surface area contributed by atoms with Crippen molar-refractivity contribution in [3.05, 3.63) is 27.7 Å². The average Bonchev–Trinajstić information content (AvgIpc) is 2.81. The van der Waals surface area contributed by atoms with Crippen molar-refractivity contribution in [2.24, 2.45) is 5.92 Å². The quantitative estimate of drug-likeness (QED) is 0.820. The zero-order chi connectivity index (χ0) is 13.3. The standard InChI is InChI=1S/C12H13Cl2NO3/c1-18-12(17)8-5-15-4-7(8)6-2-9(13)10(14)3-11(6)16/h2-3,7-8,15-16H,4-5H2,1H3/t7-,8+/m1/s1. The lowest BCUT2D eigenvalue weighted by Crippen LogP contribution is -2.23. The summed E-state index contributed by atoms with van der Waals surface area (Å²) in [7, 11) is 1.35. The predicted molar refractivity (Wildman–Crippen MR) is 69.2 cm³/mol. The van der Waals surface area contributed by atoms with E-state index < -0.39 is 0 Å². The first-order chi connectivity index (χ1) is 8.54. The fraction of sp³-hybridized carbons (Fsp3) is 0.417. The van der Waals surface area contributed by atoms with Crippen LogP contribution in [0.3, 0.4) is 0 Å². The van der Waals surface area contributed by atoms with Gasteiger partial charge in [0.2, 0.25) is 0 Å². The summed E-state index contributed by atoms with van der Waals surface area (Å²) in [6, 6.07) is 3.00. The molecule has 18 heavy (non-hydrogen) atoms. The zero-order valence-corrected chi connectivity index (χ0v) is 11.3. The number of halogens is 2. The number of aromatic hydroxyl groups is 1. The second-order valence-corrected chi connectivity index (χ2v) is 5.03. The second kappa shape index (κ2) is 5.34. The van der Waals surface area contributed by atoms with Gasteiger partial charge in [-0.1, -0.05) is 23.2 Å². The summed E-state index contributed by atoms with van der Waals surface area (Å²) in [4.78, 5) is 11.7. The van der Waals surface area contributed by atoms with Gasteiger partial charge in [-0.15, -0.1) is 0 Å². The Hall–Kier alpha value is -0.970. The molecule has 2 atom stereocenters. The number of methoxy groups -OCH3 is 1. The maximum Gasteiger partial charge on any atom is 0.310 e. The summed E-state index contributed by atoms with van der Waals surface area (Å²) >= 11 is 11.8. The number of phenolic OH excluding ortho intramolecular Hbond substituents is 1. The van der Waals surface area contributed by atoms with Crippen LogP contribution in [0.15, 0.2) is 12.1 Å². The van der Waals surface area contributed by atoms with Gasteiger partial charge in [-0.25, -0.2) is 0 Å². The van der Waals surface area contributed by atoms with Gasteiger partial charge in [0.1, 0.15) is 5.75 Å². The van der Waals surface area contributed by atoms with E-state index in [1.54, 1.807) is 6.07 Å². The largest absolute Gasteiger partial charge is 0.508 e. The topological polar surface area (TPSA) is 58.6 Å². The summed E-state index contributed by atoms with van der Waals surface area (Å²) in [5, 5.41) is 13.7. The molecule has 0 aliphatic carbocycles. The van der Waals surface area contributed by atoms with Crippen molar-refractivity contribution in [3.8, 4) is 5.75 Å². The average molecular weight is 290 g/mol. The van der Waals surface area contributed by atoms with Crippen LogP contribution in [0.4, 0.5) is 0 Å². The summed E-state index contributed by atoms with van der Waals surface area (Å²) in [5.41, 5.74) is 0.616. The third kappa shape index (κ3) is 2.41. The molecule has 0 amide bonds. The van der Waals surface area contributed by atoms with Crippen molar-refractivity contribution in [1.82, 2.24) is 5.32 Å². The Kier molecular flexibility index (Phi) is 4.00. The minimum atomic E-state index is -0.321. The molecule has 1 aromatic carbocycles. The molecule has 1 saturated heterocycles. The van der Waals surface area contributed by atoms with Crippen molar-refractivity contribution in [3.63, 3.8) is 0 Å². The summed E-state index contributed by atoms with van der Waals surface area (Å²) in [6.07, 6.45) is 0. The summed E-state index contributed by atoms with van der Waals surface area (Å²) < 4.78 is 4.76. The number of hydrogen-bond donors (Lipinski definition) is 2. The van der Waals surface area contributed by atoms with E-state index in [-0.39, 0.29) is 23.6 Å². The lowest BCUT2D eigenvalue weighted by atomic mass is 9.88. The highest BCUT2D eigenvalue weighted by Crippen LogP contribution is 2.38. The van der Waals surface area contributed by atoms with Crippen LogP contribution in [0.1, 0.15) is 11.5 Å². The molecule has 0 unspecified atom stereocenters. The Labute approximate surface area is 115 Å². The van der Waals surface area contributed by atoms with Crippen LogP contribution in [0.2, 0.25) is 10.0 Å². The third-order valence-corrected chi connectivity index (χ3v) is 3.91. The highest BCUT2D eigenvalue weighted by molar-refractivity contribution is 6.42. The first kappa shape index (κ1) is 13.5. The molecule has 0 spiro atoms. The molecule has 4 nitrogen and oxygen atoms in total. The van der Waals surface area contributed by atoms with Crippen LogP contribution >= 0.6 is 23.2 Å². The minimum Gasteiger partial charge on any atom is -0.508 e. The van der Waals surface area contributed by atoms with Gasteiger partial charge in [0, 0.05) is 30.6 Å². The summed E-state index contributed by atoms with van der Waals surface area (Å²) in [6.45, 7) is 1.11. The van der Waals surface area contributed by atoms with E-state index in [4.69, 9.17) is 27.9 Å². The van der Waals surface area contributed by atoms with Crippen LogP contribution in [0.25, 0.3) is 0 Å². The molecular formula is C12H13Cl2NO3. The number of phenols is 1. The molecule has 2 N–H and O–H groups in total. The first-order valence-electron chi connectivity index (χ1n) is 5.51. The van der Waals surface area contributed by atoms with Gasteiger partial charge < -0.3 is 15.2 Å². The van der Waals surface area contributed by atoms with E-state index in [2.05, 4.69) is 5.32 Å². The van der Waals surface area contributed by atoms with Gasteiger partial charge in [-0.2, -0.15) is 0 Å². The van der Waals surface area contributed by atoms with Crippen LogP contribution in [0.5, 0.6) is 5.75 Å². The van der Waals surface area contributed by atoms with Crippen LogP contribution in [-0.4, -0.2) is 31.3 Å². The molecule has 1 aliphatic rings. The number of carbonyl (C=O) groups excluding carboxylic acids is 1. The molecule has 1 aliphatic heterocycles. The molecule has 2 rings (SSSR count). The van der Waals surface area contributed by atoms with Gasteiger partial charge in [0.15, 0.2) is 0 Å². The van der Waals surface area contributed by atoms with Gasteiger partial charge in [0.25, 0.3) is 0 Å². The number of nitrogens with one attached hydrogen (secondary N) is 1. The molecule has 1 heterocycles. The lowest BCUT2D eigenvalue weighted by Gasteiger charge is -2.18. The van der Waals surface area contributed by atoms with E-state index in [1.807, 2.05) is 0 Å². The Morgan fingerprint density at radius 1 is 1.39 bits per heavy atom. The maximum atomic E-state index is 11.7. The fourth-order valence-electron chi connectivity index (χ4n) is 2.25. The predicted octanol–water partition coefficient (Wildman–Crippen LogP) is 2.18. The fourth-order valence-corrected chi connectivity index (χ4v) is 2.58. The van der Waals surface area contributed by atoms with Gasteiger partial charge >= 0.3 is 5.97 Å². The summed E-state index contributed by atoms with van der Waals surface area (Å²) in [5.74, 6) is -0.729. The highest BCUT2D eigenvalue weighted by Gasteiger charge is 2.36. The number of hydrogen-bond acceptors (Lipinski definition) is 4. The molecule has 0 bridgehead atoms. The number of benzene rings is 1. The van der Waals surface area contributed by atoms with Crippen LogP contribution < -0.4 is 5.32 Å². The molecule has 0 saturated carbocycles. The zero-order valence-electron chi connectivity index (χ0n) is 9.74. The van der Waals surface area contributed by atoms with E-state index in [0.717, 1.165) is 0 Å². The van der Waals surface area contributed by atoms with Gasteiger partial charge in [-0.05, 0) is 6.07 Å². The number of rotatable bonds is 2. The molecular weight excluding hydrogens is 277 g/mol. The SMILES string of the molecule is COC(=O)[C@H]1CNC[C@@H]1c1cc(Cl)c(Cl)cc1O. The van der Waals surface area contributed by atoms with E-state index in [1.165, 1.54) is 13.2 Å². The Morgan fingerprint density at radius 2 is 2.06 bits per heavy atom. The monoisotopic (exact) mass is 289 g/mol. The Bertz CT molecular complexity index is 479. The van der Waals surface area contributed by atoms with Crippen molar-refractivity contribution in [2.45, 2.75) is 5.92 Å². The number of carbonyl (C=O) groups is 1. The Balaban J connectivity index is 2.36. The van der Waals surface area contributed by atoms with Gasteiger partial charge in [-0.3, -0.25) is 4.79 Å². The third-order valence-electron chi connectivity index (χ3n) is 3.19. The van der Waals surface area contributed by atoms with Crippen molar-refractivity contribution >= 4 is 29.2 Å². The molecule has 6 heteroatoms. The minimum absolute atomic E-state index is 0.0482. The Morgan fingerprint density at radius 3 is 2.72 bits per heavy atom. The van der Waals surface area contributed by atoms with E-state index in [9.17, 15) is 9.90 Å². The second-order valence-electron chi connectivity index (χ2n) is 4.22. The van der Waals surface area contributed by atoms with E-state index in [0.29, 0.717) is 28.7 Å². The molecule has 1 fully saturated rings. The maximum absolute atomic E-state index is 11.7. The highest BCUT2D eigenvalue weighted by atomic mass is 35.5. The number of ether oxygens (including phenoxy) is 1. The molecule has 0 aromatic heterocycles.